The van der Waals surface area contributed by atoms with Crippen molar-refractivity contribution in [3.05, 3.63) is 39.9 Å². The number of fused-ring (bicyclic) bond motifs is 1. The van der Waals surface area contributed by atoms with Crippen LogP contribution in [0.15, 0.2) is 23.0 Å². The minimum atomic E-state index is -0.0957. The minimum absolute atomic E-state index is 0.0957. The molecule has 0 unspecified atom stereocenters. The van der Waals surface area contributed by atoms with E-state index in [2.05, 4.69) is 25.4 Å². The average molecular weight is 469 g/mol. The first-order chi connectivity index (χ1) is 16.6. The van der Waals surface area contributed by atoms with Crippen LogP contribution in [0.25, 0.3) is 10.9 Å². The monoisotopic (exact) mass is 468 g/mol. The van der Waals surface area contributed by atoms with Crippen LogP contribution in [0.2, 0.25) is 0 Å². The normalized spacial score (nSPS) is 18.9. The van der Waals surface area contributed by atoms with Crippen molar-refractivity contribution in [3.8, 4) is 11.5 Å². The van der Waals surface area contributed by atoms with Gasteiger partial charge in [0.25, 0.3) is 5.56 Å². The van der Waals surface area contributed by atoms with E-state index in [1.807, 2.05) is 16.8 Å². The van der Waals surface area contributed by atoms with Crippen molar-refractivity contribution in [1.82, 2.24) is 30.1 Å². The van der Waals surface area contributed by atoms with E-state index in [1.54, 1.807) is 20.3 Å². The number of benzene rings is 1. The van der Waals surface area contributed by atoms with Gasteiger partial charge in [-0.05, 0) is 48.2 Å². The largest absolute Gasteiger partial charge is 0.493 e. The van der Waals surface area contributed by atoms with Crippen molar-refractivity contribution in [2.75, 3.05) is 20.8 Å². The van der Waals surface area contributed by atoms with E-state index in [0.717, 1.165) is 49.0 Å². The molecule has 2 aromatic heterocycles. The maximum absolute atomic E-state index is 13.0. The van der Waals surface area contributed by atoms with Gasteiger partial charge < -0.3 is 19.2 Å². The molecule has 3 aromatic rings. The van der Waals surface area contributed by atoms with Gasteiger partial charge >= 0.3 is 0 Å². The van der Waals surface area contributed by atoms with Crippen LogP contribution >= 0.6 is 0 Å². The predicted octanol–water partition coefficient (Wildman–Crippen LogP) is 2.66. The van der Waals surface area contributed by atoms with Crippen LogP contribution in [-0.4, -0.2) is 63.1 Å². The number of rotatable bonds is 9. The Bertz CT molecular complexity index is 1180. The second-order valence-electron chi connectivity index (χ2n) is 9.17. The number of aromatic amines is 1. The standard InChI is InChI=1S/C24H32N6O4/c1-32-21-11-16-10-17(24(31)25-20(16)12-22(21)33-2)13-29(18-6-3-4-7-18)15-23-26-27-28-30(23)14-19-8-5-9-34-19/h10-12,18-19H,3-9,13-15H2,1-2H3,(H,25,31)/t19-/m0/s1. The van der Waals surface area contributed by atoms with E-state index in [-0.39, 0.29) is 11.7 Å². The van der Waals surface area contributed by atoms with Gasteiger partial charge in [-0.15, -0.1) is 5.10 Å². The van der Waals surface area contributed by atoms with Gasteiger partial charge in [-0.25, -0.2) is 4.68 Å². The summed E-state index contributed by atoms with van der Waals surface area (Å²) in [6, 6.07) is 6.05. The van der Waals surface area contributed by atoms with Crippen LogP contribution in [0.1, 0.15) is 49.9 Å². The quantitative estimate of drug-likeness (QED) is 0.511. The Morgan fingerprint density at radius 1 is 1.09 bits per heavy atom. The summed E-state index contributed by atoms with van der Waals surface area (Å²) < 4.78 is 18.5. The van der Waals surface area contributed by atoms with E-state index in [9.17, 15) is 4.79 Å². The van der Waals surface area contributed by atoms with Crippen LogP contribution in [0.5, 0.6) is 11.5 Å². The smallest absolute Gasteiger partial charge is 0.252 e. The molecule has 5 rings (SSSR count). The lowest BCUT2D eigenvalue weighted by Gasteiger charge is -2.28. The Labute approximate surface area is 198 Å². The molecule has 0 spiro atoms. The summed E-state index contributed by atoms with van der Waals surface area (Å²) >= 11 is 0. The van der Waals surface area contributed by atoms with Crippen LogP contribution in [-0.2, 0) is 24.4 Å². The third kappa shape index (κ3) is 4.78. The molecule has 0 radical (unpaired) electrons. The maximum Gasteiger partial charge on any atom is 0.252 e. The second-order valence-corrected chi connectivity index (χ2v) is 9.17. The van der Waals surface area contributed by atoms with E-state index in [4.69, 9.17) is 14.2 Å². The first-order valence-corrected chi connectivity index (χ1v) is 12.0. The maximum atomic E-state index is 13.0. The number of hydrogen-bond donors (Lipinski definition) is 1. The Kier molecular flexibility index (Phi) is 6.77. The SMILES string of the molecule is COc1cc2cc(CN(Cc3nnnn3C[C@@H]3CCCO3)C3CCCC3)c(=O)[nH]c2cc1OC. The van der Waals surface area contributed by atoms with E-state index < -0.39 is 0 Å². The second kappa shape index (κ2) is 10.1. The fourth-order valence-electron chi connectivity index (χ4n) is 5.14. The number of nitrogens with zero attached hydrogens (tertiary/aromatic N) is 5. The topological polar surface area (TPSA) is 107 Å². The molecule has 2 fully saturated rings. The number of ether oxygens (including phenoxy) is 3. The first-order valence-electron chi connectivity index (χ1n) is 12.0. The number of H-pyrrole nitrogens is 1. The number of tetrazole rings is 1. The lowest BCUT2D eigenvalue weighted by atomic mass is 10.1. The average Bonchev–Trinajstić information content (AvgIpc) is 3.62. The third-order valence-corrected chi connectivity index (χ3v) is 6.99. The summed E-state index contributed by atoms with van der Waals surface area (Å²) in [6.07, 6.45) is 6.91. The minimum Gasteiger partial charge on any atom is -0.493 e. The highest BCUT2D eigenvalue weighted by Crippen LogP contribution is 2.32. The molecular weight excluding hydrogens is 436 g/mol. The summed E-state index contributed by atoms with van der Waals surface area (Å²) in [4.78, 5) is 18.4. The van der Waals surface area contributed by atoms with Gasteiger partial charge in [0, 0.05) is 36.2 Å². The highest BCUT2D eigenvalue weighted by molar-refractivity contribution is 5.83. The molecule has 1 aliphatic heterocycles. The molecule has 1 saturated heterocycles. The highest BCUT2D eigenvalue weighted by Gasteiger charge is 2.26. The van der Waals surface area contributed by atoms with Gasteiger partial charge in [-0.2, -0.15) is 0 Å². The fourth-order valence-corrected chi connectivity index (χ4v) is 5.14. The first kappa shape index (κ1) is 22.8. The van der Waals surface area contributed by atoms with E-state index in [1.165, 1.54) is 12.8 Å². The zero-order valence-corrected chi connectivity index (χ0v) is 19.8. The number of methoxy groups -OCH3 is 2. The number of nitrogens with one attached hydrogen (secondary N) is 1. The molecule has 3 heterocycles. The zero-order valence-electron chi connectivity index (χ0n) is 19.8. The Morgan fingerprint density at radius 3 is 2.62 bits per heavy atom. The van der Waals surface area contributed by atoms with E-state index in [0.29, 0.717) is 42.7 Å². The van der Waals surface area contributed by atoms with Gasteiger partial charge in [0.05, 0.1) is 38.9 Å². The third-order valence-electron chi connectivity index (χ3n) is 6.99. The summed E-state index contributed by atoms with van der Waals surface area (Å²) in [5.41, 5.74) is 1.34. The van der Waals surface area contributed by atoms with Crippen molar-refractivity contribution in [2.24, 2.45) is 0 Å². The Balaban J connectivity index is 1.42. The van der Waals surface area contributed by atoms with Gasteiger partial charge in [0.2, 0.25) is 0 Å². The molecule has 10 heteroatoms. The highest BCUT2D eigenvalue weighted by atomic mass is 16.5. The Morgan fingerprint density at radius 2 is 1.88 bits per heavy atom. The molecule has 0 bridgehead atoms. The zero-order chi connectivity index (χ0) is 23.5. The molecule has 1 N–H and O–H groups in total. The molecule has 1 atom stereocenters. The van der Waals surface area contributed by atoms with Crippen LogP contribution in [0.4, 0.5) is 0 Å². The number of pyridine rings is 1. The summed E-state index contributed by atoms with van der Waals surface area (Å²) in [7, 11) is 3.20. The van der Waals surface area contributed by atoms with Crippen molar-refractivity contribution < 1.29 is 14.2 Å². The van der Waals surface area contributed by atoms with Crippen LogP contribution < -0.4 is 15.0 Å². The summed E-state index contributed by atoms with van der Waals surface area (Å²) in [5, 5.41) is 13.4. The molecule has 1 aliphatic carbocycles. The lowest BCUT2D eigenvalue weighted by Crippen LogP contribution is -2.35. The van der Waals surface area contributed by atoms with Crippen molar-refractivity contribution >= 4 is 10.9 Å². The Hall–Kier alpha value is -2.98. The van der Waals surface area contributed by atoms with E-state index >= 15 is 0 Å². The molecular formula is C24H32N6O4. The molecule has 1 saturated carbocycles. The van der Waals surface area contributed by atoms with Gasteiger partial charge in [-0.3, -0.25) is 9.69 Å². The number of aromatic nitrogens is 5. The molecule has 0 amide bonds. The lowest BCUT2D eigenvalue weighted by molar-refractivity contribution is 0.0906. The van der Waals surface area contributed by atoms with Gasteiger partial charge in [0.15, 0.2) is 17.3 Å². The summed E-state index contributed by atoms with van der Waals surface area (Å²) in [5.74, 6) is 2.03. The van der Waals surface area contributed by atoms with Crippen molar-refractivity contribution in [2.45, 2.75) is 70.3 Å². The van der Waals surface area contributed by atoms with Gasteiger partial charge in [0.1, 0.15) is 0 Å². The van der Waals surface area contributed by atoms with Crippen molar-refractivity contribution in [3.63, 3.8) is 0 Å². The summed E-state index contributed by atoms with van der Waals surface area (Å²) in [6.45, 7) is 2.58. The van der Waals surface area contributed by atoms with Crippen LogP contribution in [0, 0.1) is 0 Å². The molecule has 182 valence electrons. The van der Waals surface area contributed by atoms with Crippen molar-refractivity contribution in [1.29, 1.82) is 0 Å². The molecule has 10 nitrogen and oxygen atoms in total. The molecule has 2 aliphatic rings. The van der Waals surface area contributed by atoms with Gasteiger partial charge in [-0.1, -0.05) is 12.8 Å². The fraction of sp³-hybridized carbons (Fsp3) is 0.583. The predicted molar refractivity (Wildman–Crippen MR) is 126 cm³/mol. The molecule has 1 aromatic carbocycles. The molecule has 34 heavy (non-hydrogen) atoms. The van der Waals surface area contributed by atoms with Crippen LogP contribution in [0.3, 0.4) is 0 Å². The number of hydrogen-bond acceptors (Lipinski definition) is 8.